The fourth-order valence-electron chi connectivity index (χ4n) is 6.57. The third kappa shape index (κ3) is 4.88. The Kier molecular flexibility index (Phi) is 6.95. The molecule has 4 atom stereocenters. The predicted molar refractivity (Wildman–Crippen MR) is 131 cm³/mol. The molecule has 34 heavy (non-hydrogen) atoms. The molecule has 0 aromatic heterocycles. The first-order valence-electron chi connectivity index (χ1n) is 12.8. The molecule has 2 aromatic rings. The number of hydrogen-bond acceptors (Lipinski definition) is 3. The van der Waals surface area contributed by atoms with Crippen molar-refractivity contribution in [3.63, 3.8) is 0 Å². The number of para-hydroxylation sites is 1. The van der Waals surface area contributed by atoms with Crippen LogP contribution in [-0.4, -0.2) is 53.3 Å². The van der Waals surface area contributed by atoms with Crippen LogP contribution >= 0.6 is 0 Å². The smallest absolute Gasteiger partial charge is 0.254 e. The van der Waals surface area contributed by atoms with Crippen molar-refractivity contribution in [1.29, 1.82) is 0 Å². The third-order valence-corrected chi connectivity index (χ3v) is 7.99. The number of likely N-dealkylation sites (tertiary alicyclic amines) is 1. The van der Waals surface area contributed by atoms with E-state index in [0.29, 0.717) is 29.9 Å². The highest BCUT2D eigenvalue weighted by Gasteiger charge is 2.49. The number of carbonyl (C=O) groups is 2. The molecule has 2 amide bonds. The predicted octanol–water partition coefficient (Wildman–Crippen LogP) is 4.95. The van der Waals surface area contributed by atoms with E-state index in [1.807, 2.05) is 30.3 Å². The van der Waals surface area contributed by atoms with E-state index >= 15 is 0 Å². The lowest BCUT2D eigenvalue weighted by Crippen LogP contribution is -2.65. The Morgan fingerprint density at radius 1 is 0.971 bits per heavy atom. The molecule has 0 saturated carbocycles. The van der Waals surface area contributed by atoms with Gasteiger partial charge >= 0.3 is 0 Å². The third-order valence-electron chi connectivity index (χ3n) is 7.99. The minimum atomic E-state index is -0.327. The van der Waals surface area contributed by atoms with E-state index in [1.54, 1.807) is 12.1 Å². The second kappa shape index (κ2) is 10.3. The Morgan fingerprint density at radius 2 is 1.71 bits per heavy atom. The van der Waals surface area contributed by atoms with Crippen LogP contribution in [0.25, 0.3) is 0 Å². The molecular formula is C28H34FN3O2. The first kappa shape index (κ1) is 23.0. The van der Waals surface area contributed by atoms with Crippen LogP contribution in [0.3, 0.4) is 0 Å². The van der Waals surface area contributed by atoms with Gasteiger partial charge in [-0.3, -0.25) is 14.5 Å². The highest BCUT2D eigenvalue weighted by Crippen LogP contribution is 2.43. The minimum Gasteiger partial charge on any atom is -0.335 e. The summed E-state index contributed by atoms with van der Waals surface area (Å²) in [7, 11) is 0. The normalized spacial score (nSPS) is 26.6. The van der Waals surface area contributed by atoms with Gasteiger partial charge in [-0.2, -0.15) is 0 Å². The van der Waals surface area contributed by atoms with Crippen LogP contribution in [0.5, 0.6) is 0 Å². The van der Waals surface area contributed by atoms with Gasteiger partial charge < -0.3 is 10.2 Å². The number of anilines is 1. The van der Waals surface area contributed by atoms with Gasteiger partial charge in [-0.1, -0.05) is 18.2 Å². The van der Waals surface area contributed by atoms with Crippen LogP contribution in [0.15, 0.2) is 54.6 Å². The number of halogens is 1. The zero-order valence-electron chi connectivity index (χ0n) is 19.7. The molecule has 0 spiro atoms. The summed E-state index contributed by atoms with van der Waals surface area (Å²) in [5.74, 6) is 0.626. The molecule has 5 nitrogen and oxygen atoms in total. The average molecular weight is 464 g/mol. The molecule has 1 N–H and O–H groups in total. The van der Waals surface area contributed by atoms with Gasteiger partial charge in [-0.25, -0.2) is 4.39 Å². The molecule has 0 radical (unpaired) electrons. The van der Waals surface area contributed by atoms with Crippen LogP contribution in [0.4, 0.5) is 10.1 Å². The number of benzene rings is 2. The molecule has 2 aromatic carbocycles. The summed E-state index contributed by atoms with van der Waals surface area (Å²) < 4.78 is 13.5. The second-order valence-electron chi connectivity index (χ2n) is 10.1. The Bertz CT molecular complexity index is 994. The van der Waals surface area contributed by atoms with Crippen molar-refractivity contribution in [3.8, 4) is 0 Å². The molecule has 180 valence electrons. The molecule has 3 fully saturated rings. The number of amides is 2. The Labute approximate surface area is 201 Å². The second-order valence-corrected chi connectivity index (χ2v) is 10.1. The van der Waals surface area contributed by atoms with Crippen LogP contribution in [0, 0.1) is 17.7 Å². The molecule has 3 aliphatic heterocycles. The lowest BCUT2D eigenvalue weighted by atomic mass is 9.69. The van der Waals surface area contributed by atoms with Gasteiger partial charge in [-0.15, -0.1) is 0 Å². The fourth-order valence-corrected chi connectivity index (χ4v) is 6.57. The summed E-state index contributed by atoms with van der Waals surface area (Å²) in [5.41, 5.74) is 1.36. The lowest BCUT2D eigenvalue weighted by Gasteiger charge is -2.57. The summed E-state index contributed by atoms with van der Waals surface area (Å²) in [6, 6.07) is 16.1. The molecule has 0 unspecified atom stereocenters. The number of nitrogens with zero attached hydrogens (tertiary/aromatic N) is 2. The van der Waals surface area contributed by atoms with Crippen molar-refractivity contribution in [1.82, 2.24) is 9.80 Å². The Balaban J connectivity index is 1.31. The maximum absolute atomic E-state index is 13.6. The minimum absolute atomic E-state index is 0.000107. The molecule has 3 saturated heterocycles. The Hall–Kier alpha value is -2.73. The lowest BCUT2D eigenvalue weighted by molar-refractivity contribution is -0.116. The maximum atomic E-state index is 13.6. The van der Waals surface area contributed by atoms with E-state index in [1.165, 1.54) is 18.6 Å². The first-order chi connectivity index (χ1) is 16.6. The Morgan fingerprint density at radius 3 is 2.47 bits per heavy atom. The first-order valence-corrected chi connectivity index (χ1v) is 12.8. The van der Waals surface area contributed by atoms with Crippen molar-refractivity contribution in [2.45, 2.75) is 57.0 Å². The van der Waals surface area contributed by atoms with Crippen LogP contribution < -0.4 is 5.32 Å². The van der Waals surface area contributed by atoms with Gasteiger partial charge in [0.15, 0.2) is 0 Å². The SMILES string of the molecule is O=C(CCC[C@@H]1[C@H]2CCCN3CCC[C@@H](CN1C(=O)c1ccc(F)cc1)[C@@H]23)Nc1ccccc1. The van der Waals surface area contributed by atoms with Gasteiger partial charge in [0.1, 0.15) is 5.82 Å². The number of carbonyl (C=O) groups excluding carboxylic acids is 2. The molecule has 6 heteroatoms. The maximum Gasteiger partial charge on any atom is 0.254 e. The summed E-state index contributed by atoms with van der Waals surface area (Å²) >= 11 is 0. The number of piperidine rings is 3. The summed E-state index contributed by atoms with van der Waals surface area (Å²) in [4.78, 5) is 30.9. The molecule has 3 aliphatic rings. The number of hydrogen-bond donors (Lipinski definition) is 1. The largest absolute Gasteiger partial charge is 0.335 e. The van der Waals surface area contributed by atoms with Gasteiger partial charge in [0.05, 0.1) is 0 Å². The summed E-state index contributed by atoms with van der Waals surface area (Å²) in [6.45, 7) is 3.08. The monoisotopic (exact) mass is 463 g/mol. The van der Waals surface area contributed by atoms with Crippen molar-refractivity contribution >= 4 is 17.5 Å². The fraction of sp³-hybridized carbons (Fsp3) is 0.500. The van der Waals surface area contributed by atoms with Crippen LogP contribution in [0.1, 0.15) is 55.3 Å². The molecule has 0 aliphatic carbocycles. The van der Waals surface area contributed by atoms with E-state index in [9.17, 15) is 14.0 Å². The van der Waals surface area contributed by atoms with Crippen molar-refractivity contribution in [3.05, 3.63) is 66.0 Å². The van der Waals surface area contributed by atoms with E-state index in [2.05, 4.69) is 15.1 Å². The quantitative estimate of drug-likeness (QED) is 0.660. The highest BCUT2D eigenvalue weighted by molar-refractivity contribution is 5.94. The number of nitrogens with one attached hydrogen (secondary N) is 1. The van der Waals surface area contributed by atoms with Gasteiger partial charge in [0.25, 0.3) is 5.91 Å². The zero-order valence-corrected chi connectivity index (χ0v) is 19.7. The van der Waals surface area contributed by atoms with Crippen molar-refractivity contribution < 1.29 is 14.0 Å². The van der Waals surface area contributed by atoms with Gasteiger partial charge in [0, 0.05) is 36.3 Å². The zero-order chi connectivity index (χ0) is 23.5. The molecule has 5 rings (SSSR count). The molecule has 0 bridgehead atoms. The van der Waals surface area contributed by atoms with Crippen molar-refractivity contribution in [2.75, 3.05) is 25.0 Å². The summed E-state index contributed by atoms with van der Waals surface area (Å²) in [6.07, 6.45) is 6.65. The highest BCUT2D eigenvalue weighted by atomic mass is 19.1. The van der Waals surface area contributed by atoms with E-state index in [-0.39, 0.29) is 23.7 Å². The summed E-state index contributed by atoms with van der Waals surface area (Å²) in [5, 5.41) is 2.97. The average Bonchev–Trinajstić information content (AvgIpc) is 2.86. The topological polar surface area (TPSA) is 52.7 Å². The van der Waals surface area contributed by atoms with Crippen LogP contribution in [0.2, 0.25) is 0 Å². The van der Waals surface area contributed by atoms with E-state index in [0.717, 1.165) is 57.4 Å². The van der Waals surface area contributed by atoms with Crippen molar-refractivity contribution in [2.24, 2.45) is 11.8 Å². The standard InChI is InChI=1S/C28H34FN3O2/c29-22-15-13-20(14-16-22)28(34)32-19-21-7-5-17-31-18-6-10-24(27(21)31)25(32)11-4-12-26(33)30-23-8-2-1-3-9-23/h1-3,8-9,13-16,21,24-25,27H,4-7,10-12,17-19H2,(H,30,33)/t21-,24+,25+,27-/m0/s1. The van der Waals surface area contributed by atoms with Gasteiger partial charge in [-0.05, 0) is 99.8 Å². The van der Waals surface area contributed by atoms with Crippen LogP contribution in [-0.2, 0) is 4.79 Å². The van der Waals surface area contributed by atoms with E-state index in [4.69, 9.17) is 0 Å². The molecular weight excluding hydrogens is 429 g/mol. The van der Waals surface area contributed by atoms with Gasteiger partial charge in [0.2, 0.25) is 5.91 Å². The number of rotatable bonds is 6. The van der Waals surface area contributed by atoms with E-state index < -0.39 is 0 Å². The molecule has 3 heterocycles.